The highest BCUT2D eigenvalue weighted by atomic mass is 32.2. The summed E-state index contributed by atoms with van der Waals surface area (Å²) in [5.74, 6) is -0.809. The van der Waals surface area contributed by atoms with Crippen molar-refractivity contribution in [2.24, 2.45) is 5.92 Å². The van der Waals surface area contributed by atoms with Crippen molar-refractivity contribution < 1.29 is 17.9 Å². The largest absolute Gasteiger partial charge is 0.464 e. The standard InChI is InChI=1S/C20H26N2O4S/c1-15(2)19(22-27(24,25)18-12-5-4-6-13-18)20(23)26-14-8-11-17-10-7-9-16(3)21-17/h4-7,9-10,12-13,15,19,22H,8,11,14H2,1-3H3/t19-/m1/s1. The number of hydrogen-bond acceptors (Lipinski definition) is 5. The van der Waals surface area contributed by atoms with E-state index in [2.05, 4.69) is 9.71 Å². The fourth-order valence-corrected chi connectivity index (χ4v) is 3.90. The molecule has 0 saturated carbocycles. The van der Waals surface area contributed by atoms with Crippen molar-refractivity contribution in [1.82, 2.24) is 9.71 Å². The van der Waals surface area contributed by atoms with E-state index in [4.69, 9.17) is 4.74 Å². The second-order valence-electron chi connectivity index (χ2n) is 6.70. The molecule has 0 aliphatic rings. The summed E-state index contributed by atoms with van der Waals surface area (Å²) in [5, 5.41) is 0. The van der Waals surface area contributed by atoms with E-state index in [0.717, 1.165) is 11.4 Å². The van der Waals surface area contributed by atoms with Crippen LogP contribution in [0.5, 0.6) is 0 Å². The molecule has 1 heterocycles. The quantitative estimate of drug-likeness (QED) is 0.526. The Labute approximate surface area is 161 Å². The van der Waals surface area contributed by atoms with E-state index < -0.39 is 22.0 Å². The maximum Gasteiger partial charge on any atom is 0.324 e. The van der Waals surface area contributed by atoms with Crippen LogP contribution in [0.1, 0.15) is 31.7 Å². The van der Waals surface area contributed by atoms with Gasteiger partial charge in [-0.25, -0.2) is 8.42 Å². The zero-order valence-corrected chi connectivity index (χ0v) is 16.7. The molecule has 0 bridgehead atoms. The minimum Gasteiger partial charge on any atom is -0.464 e. The molecule has 0 spiro atoms. The predicted molar refractivity (Wildman–Crippen MR) is 104 cm³/mol. The Bertz CT molecular complexity index is 851. The van der Waals surface area contributed by atoms with Gasteiger partial charge in [-0.3, -0.25) is 9.78 Å². The fraction of sp³-hybridized carbons (Fsp3) is 0.400. The SMILES string of the molecule is Cc1cccc(CCCOC(=O)[C@H](NS(=O)(=O)c2ccccc2)C(C)C)n1. The molecule has 6 nitrogen and oxygen atoms in total. The van der Waals surface area contributed by atoms with Crippen molar-refractivity contribution >= 4 is 16.0 Å². The van der Waals surface area contributed by atoms with Crippen LogP contribution in [0.15, 0.2) is 53.4 Å². The molecule has 0 unspecified atom stereocenters. The molecule has 0 aliphatic heterocycles. The first-order valence-corrected chi connectivity index (χ1v) is 10.4. The Morgan fingerprint density at radius 3 is 2.44 bits per heavy atom. The number of benzene rings is 1. The lowest BCUT2D eigenvalue weighted by Crippen LogP contribution is -2.45. The van der Waals surface area contributed by atoms with Gasteiger partial charge in [-0.2, -0.15) is 4.72 Å². The van der Waals surface area contributed by atoms with Crippen molar-refractivity contribution in [1.29, 1.82) is 0 Å². The molecule has 0 saturated heterocycles. The van der Waals surface area contributed by atoms with Gasteiger partial charge in [-0.1, -0.05) is 38.1 Å². The van der Waals surface area contributed by atoms with E-state index in [1.807, 2.05) is 25.1 Å². The molecule has 2 rings (SSSR count). The van der Waals surface area contributed by atoms with E-state index in [9.17, 15) is 13.2 Å². The maximum absolute atomic E-state index is 12.5. The highest BCUT2D eigenvalue weighted by Gasteiger charge is 2.29. The highest BCUT2D eigenvalue weighted by molar-refractivity contribution is 7.89. The second-order valence-corrected chi connectivity index (χ2v) is 8.41. The van der Waals surface area contributed by atoms with Crippen molar-refractivity contribution in [2.45, 2.75) is 44.6 Å². The monoisotopic (exact) mass is 390 g/mol. The second kappa shape index (κ2) is 9.62. The number of esters is 1. The van der Waals surface area contributed by atoms with Crippen LogP contribution in [0.3, 0.4) is 0 Å². The molecule has 0 amide bonds. The lowest BCUT2D eigenvalue weighted by atomic mass is 10.1. The topological polar surface area (TPSA) is 85.4 Å². The van der Waals surface area contributed by atoms with Crippen LogP contribution in [0.25, 0.3) is 0 Å². The van der Waals surface area contributed by atoms with Gasteiger partial charge in [0.2, 0.25) is 10.0 Å². The van der Waals surface area contributed by atoms with Gasteiger partial charge < -0.3 is 4.74 Å². The third-order valence-electron chi connectivity index (χ3n) is 4.02. The first-order valence-electron chi connectivity index (χ1n) is 8.96. The van der Waals surface area contributed by atoms with Gasteiger partial charge in [-0.05, 0) is 49.9 Å². The molecule has 0 radical (unpaired) electrons. The van der Waals surface area contributed by atoms with Crippen LogP contribution in [-0.2, 0) is 26.0 Å². The molecule has 146 valence electrons. The molecular weight excluding hydrogens is 364 g/mol. The molecule has 0 aliphatic carbocycles. The predicted octanol–water partition coefficient (Wildman–Crippen LogP) is 2.87. The van der Waals surface area contributed by atoms with Gasteiger partial charge >= 0.3 is 5.97 Å². The zero-order chi connectivity index (χ0) is 19.9. The number of carbonyl (C=O) groups is 1. The number of hydrogen-bond donors (Lipinski definition) is 1. The maximum atomic E-state index is 12.5. The zero-order valence-electron chi connectivity index (χ0n) is 15.9. The summed E-state index contributed by atoms with van der Waals surface area (Å²) in [6.45, 7) is 5.69. The number of aromatic nitrogens is 1. The van der Waals surface area contributed by atoms with Crippen molar-refractivity contribution in [3.05, 3.63) is 59.9 Å². The molecule has 1 N–H and O–H groups in total. The number of ether oxygens (including phenoxy) is 1. The highest BCUT2D eigenvalue weighted by Crippen LogP contribution is 2.13. The Morgan fingerprint density at radius 1 is 1.11 bits per heavy atom. The van der Waals surface area contributed by atoms with E-state index in [1.165, 1.54) is 12.1 Å². The van der Waals surface area contributed by atoms with Crippen LogP contribution in [0.2, 0.25) is 0 Å². The van der Waals surface area contributed by atoms with Gasteiger partial charge in [0.15, 0.2) is 0 Å². The van der Waals surface area contributed by atoms with Gasteiger partial charge in [0, 0.05) is 11.4 Å². The first-order chi connectivity index (χ1) is 12.8. The smallest absolute Gasteiger partial charge is 0.324 e. The molecule has 1 aromatic carbocycles. The van der Waals surface area contributed by atoms with E-state index in [0.29, 0.717) is 12.8 Å². The third kappa shape index (κ3) is 6.45. The number of nitrogens with one attached hydrogen (secondary N) is 1. The minimum absolute atomic E-state index is 0.119. The normalized spacial score (nSPS) is 12.7. The number of pyridine rings is 1. The lowest BCUT2D eigenvalue weighted by molar-refractivity contribution is -0.146. The summed E-state index contributed by atoms with van der Waals surface area (Å²) in [4.78, 5) is 16.9. The Morgan fingerprint density at radius 2 is 1.81 bits per heavy atom. The summed E-state index contributed by atoms with van der Waals surface area (Å²) in [5.41, 5.74) is 1.89. The van der Waals surface area contributed by atoms with Gasteiger partial charge in [0.05, 0.1) is 11.5 Å². The summed E-state index contributed by atoms with van der Waals surface area (Å²) >= 11 is 0. The Kier molecular flexibility index (Phi) is 7.50. The Hall–Kier alpha value is -2.25. The van der Waals surface area contributed by atoms with Crippen LogP contribution < -0.4 is 4.72 Å². The van der Waals surface area contributed by atoms with Gasteiger partial charge in [0.1, 0.15) is 6.04 Å². The number of rotatable bonds is 9. The van der Waals surface area contributed by atoms with Crippen LogP contribution >= 0.6 is 0 Å². The van der Waals surface area contributed by atoms with E-state index >= 15 is 0 Å². The molecule has 1 aromatic heterocycles. The van der Waals surface area contributed by atoms with Crippen LogP contribution in [0, 0.1) is 12.8 Å². The van der Waals surface area contributed by atoms with Crippen molar-refractivity contribution in [3.63, 3.8) is 0 Å². The summed E-state index contributed by atoms with van der Waals surface area (Å²) in [7, 11) is -3.79. The average Bonchev–Trinajstić information content (AvgIpc) is 2.64. The van der Waals surface area contributed by atoms with Crippen LogP contribution in [0.4, 0.5) is 0 Å². The Balaban J connectivity index is 1.91. The minimum atomic E-state index is -3.79. The number of aryl methyl sites for hydroxylation is 2. The molecule has 1 atom stereocenters. The number of carbonyl (C=O) groups excluding carboxylic acids is 1. The first kappa shape index (κ1) is 21.1. The summed E-state index contributed by atoms with van der Waals surface area (Å²) in [6.07, 6.45) is 1.31. The molecule has 2 aromatic rings. The summed E-state index contributed by atoms with van der Waals surface area (Å²) in [6, 6.07) is 12.8. The van der Waals surface area contributed by atoms with Gasteiger partial charge in [0.25, 0.3) is 0 Å². The number of sulfonamides is 1. The lowest BCUT2D eigenvalue weighted by Gasteiger charge is -2.20. The van der Waals surface area contributed by atoms with Crippen molar-refractivity contribution in [3.8, 4) is 0 Å². The molecule has 7 heteroatoms. The fourth-order valence-electron chi connectivity index (χ4n) is 2.55. The van der Waals surface area contributed by atoms with Gasteiger partial charge in [-0.15, -0.1) is 0 Å². The van der Waals surface area contributed by atoms with Crippen molar-refractivity contribution in [2.75, 3.05) is 6.61 Å². The summed E-state index contributed by atoms with van der Waals surface area (Å²) < 4.78 is 32.7. The number of nitrogens with zero attached hydrogens (tertiary/aromatic N) is 1. The molecule has 27 heavy (non-hydrogen) atoms. The average molecular weight is 391 g/mol. The molecule has 0 fully saturated rings. The van der Waals surface area contributed by atoms with E-state index in [1.54, 1.807) is 32.0 Å². The third-order valence-corrected chi connectivity index (χ3v) is 5.48. The molecular formula is C20H26N2O4S. The van der Waals surface area contributed by atoms with E-state index in [-0.39, 0.29) is 17.4 Å². The van der Waals surface area contributed by atoms with Crippen LogP contribution in [-0.4, -0.2) is 32.0 Å².